The van der Waals surface area contributed by atoms with Crippen molar-refractivity contribution in [3.05, 3.63) is 116 Å². The standard InChI is InChI=1S/C22H30O.C21H28O/c1-16(8-10-19-11-12-20(15-23)18(19)3)9-13-21-17(2)7-6-14-22(21,4)5;1-16(14-19-9-8-18(15-19)11-13-22)7-10-20-17(2)6-5-12-21(20,3)4/h8-10,13,15H,6-7,11-12,14H2,1-5H3;7,10-11,13-15H,5-6,8-9,12H2,1-4H3/b13-9+,16-8-,19-10+;10-7+,16-14-,18-11+. The third-order valence-corrected chi connectivity index (χ3v) is 10.2. The highest BCUT2D eigenvalue weighted by atomic mass is 16.1. The van der Waals surface area contributed by atoms with E-state index in [4.69, 9.17) is 0 Å². The SMILES string of the molecule is CC1=C(/C=C/C(C)=C\C2=CC(=C/C=O)/CC2)C(C)(C)CCC1.CC1=C(/C=C/C(C)=C\C=C2/CCC(C=O)=C2C)C(C)(C)CCC1. The lowest BCUT2D eigenvalue weighted by Crippen LogP contribution is -2.19. The summed E-state index contributed by atoms with van der Waals surface area (Å²) in [6, 6.07) is 0. The normalized spacial score (nSPS) is 24.2. The minimum atomic E-state index is 0.293. The fourth-order valence-electron chi connectivity index (χ4n) is 7.29. The molecule has 0 fully saturated rings. The molecule has 0 heterocycles. The highest BCUT2D eigenvalue weighted by Gasteiger charge is 2.27. The minimum absolute atomic E-state index is 0.293. The van der Waals surface area contributed by atoms with Gasteiger partial charge < -0.3 is 0 Å². The fraction of sp³-hybridized carbons (Fsp3) is 0.488. The van der Waals surface area contributed by atoms with Crippen molar-refractivity contribution in [2.24, 2.45) is 10.8 Å². The second-order valence-corrected chi connectivity index (χ2v) is 14.9. The van der Waals surface area contributed by atoms with E-state index in [0.29, 0.717) is 10.8 Å². The van der Waals surface area contributed by atoms with Crippen LogP contribution in [0, 0.1) is 10.8 Å². The number of carbonyl (C=O) groups is 2. The van der Waals surface area contributed by atoms with Gasteiger partial charge in [-0.15, -0.1) is 0 Å². The molecule has 0 aromatic carbocycles. The van der Waals surface area contributed by atoms with Gasteiger partial charge in [0, 0.05) is 0 Å². The molecule has 45 heavy (non-hydrogen) atoms. The number of rotatable bonds is 8. The Morgan fingerprint density at radius 3 is 1.80 bits per heavy atom. The van der Waals surface area contributed by atoms with Crippen LogP contribution < -0.4 is 0 Å². The average molecular weight is 607 g/mol. The van der Waals surface area contributed by atoms with Crippen LogP contribution in [0.5, 0.6) is 0 Å². The molecule has 0 spiro atoms. The van der Waals surface area contributed by atoms with E-state index in [1.54, 1.807) is 6.08 Å². The Balaban J connectivity index is 0.000000246. The first-order valence-corrected chi connectivity index (χ1v) is 17.1. The Bertz CT molecular complexity index is 1450. The van der Waals surface area contributed by atoms with Crippen molar-refractivity contribution in [2.75, 3.05) is 0 Å². The van der Waals surface area contributed by atoms with Gasteiger partial charge in [-0.3, -0.25) is 9.59 Å². The van der Waals surface area contributed by atoms with E-state index in [1.807, 2.05) is 0 Å². The van der Waals surface area contributed by atoms with Crippen LogP contribution in [0.25, 0.3) is 0 Å². The van der Waals surface area contributed by atoms with Gasteiger partial charge in [0.15, 0.2) is 0 Å². The lowest BCUT2D eigenvalue weighted by Gasteiger charge is -2.33. The van der Waals surface area contributed by atoms with Gasteiger partial charge >= 0.3 is 0 Å². The summed E-state index contributed by atoms with van der Waals surface area (Å²) in [5.41, 5.74) is 15.1. The summed E-state index contributed by atoms with van der Waals surface area (Å²) in [5, 5.41) is 0. The van der Waals surface area contributed by atoms with Crippen molar-refractivity contribution in [3.8, 4) is 0 Å². The highest BCUT2D eigenvalue weighted by molar-refractivity contribution is 5.78. The van der Waals surface area contributed by atoms with E-state index >= 15 is 0 Å². The molecule has 0 amide bonds. The van der Waals surface area contributed by atoms with Crippen LogP contribution in [0.1, 0.15) is 127 Å². The van der Waals surface area contributed by atoms with Crippen molar-refractivity contribution >= 4 is 12.6 Å². The summed E-state index contributed by atoms with van der Waals surface area (Å²) in [6.07, 6.45) is 32.9. The Labute approximate surface area is 274 Å². The summed E-state index contributed by atoms with van der Waals surface area (Å²) < 4.78 is 0. The van der Waals surface area contributed by atoms with Gasteiger partial charge in [0.05, 0.1) is 0 Å². The van der Waals surface area contributed by atoms with Crippen LogP contribution in [0.2, 0.25) is 0 Å². The number of aldehydes is 2. The maximum Gasteiger partial charge on any atom is 0.146 e. The molecular formula is C43H58O2. The van der Waals surface area contributed by atoms with Crippen molar-refractivity contribution in [3.63, 3.8) is 0 Å². The first-order chi connectivity index (χ1) is 21.3. The summed E-state index contributed by atoms with van der Waals surface area (Å²) in [6.45, 7) is 20.3. The molecule has 0 atom stereocenters. The first kappa shape index (κ1) is 36.2. The van der Waals surface area contributed by atoms with Gasteiger partial charge in [0.2, 0.25) is 0 Å². The fourth-order valence-corrected chi connectivity index (χ4v) is 7.29. The molecule has 2 nitrogen and oxygen atoms in total. The Kier molecular flexibility index (Phi) is 13.2. The Hall–Kier alpha value is -3.26. The van der Waals surface area contributed by atoms with E-state index in [-0.39, 0.29) is 0 Å². The van der Waals surface area contributed by atoms with Gasteiger partial charge in [-0.25, -0.2) is 0 Å². The molecule has 0 unspecified atom stereocenters. The molecule has 4 aliphatic rings. The van der Waals surface area contributed by atoms with Crippen LogP contribution in [0.3, 0.4) is 0 Å². The van der Waals surface area contributed by atoms with Crippen molar-refractivity contribution < 1.29 is 9.59 Å². The zero-order valence-electron chi connectivity index (χ0n) is 29.7. The third-order valence-electron chi connectivity index (χ3n) is 10.2. The maximum atomic E-state index is 11.0. The average Bonchev–Trinajstić information content (AvgIpc) is 3.56. The molecule has 2 heteroatoms. The lowest BCUT2D eigenvalue weighted by atomic mass is 9.72. The van der Waals surface area contributed by atoms with Gasteiger partial charge in [0.25, 0.3) is 0 Å². The van der Waals surface area contributed by atoms with Crippen LogP contribution in [0.15, 0.2) is 116 Å². The molecule has 0 aromatic heterocycles. The van der Waals surface area contributed by atoms with E-state index in [9.17, 15) is 9.59 Å². The summed E-state index contributed by atoms with van der Waals surface area (Å²) in [5.74, 6) is 0. The van der Waals surface area contributed by atoms with E-state index in [1.165, 1.54) is 88.7 Å². The second-order valence-electron chi connectivity index (χ2n) is 14.9. The first-order valence-electron chi connectivity index (χ1n) is 17.1. The summed E-state index contributed by atoms with van der Waals surface area (Å²) in [4.78, 5) is 21.5. The van der Waals surface area contributed by atoms with Gasteiger partial charge in [-0.05, 0) is 155 Å². The number of allylic oxidation sites excluding steroid dienone is 20. The predicted molar refractivity (Wildman–Crippen MR) is 194 cm³/mol. The molecule has 0 radical (unpaired) electrons. The van der Waals surface area contributed by atoms with Crippen molar-refractivity contribution in [1.29, 1.82) is 0 Å². The summed E-state index contributed by atoms with van der Waals surface area (Å²) >= 11 is 0. The monoisotopic (exact) mass is 606 g/mol. The van der Waals surface area contributed by atoms with E-state index in [0.717, 1.165) is 49.4 Å². The maximum absolute atomic E-state index is 11.0. The number of hydrogen-bond acceptors (Lipinski definition) is 2. The predicted octanol–water partition coefficient (Wildman–Crippen LogP) is 12.1. The highest BCUT2D eigenvalue weighted by Crippen LogP contribution is 2.42. The van der Waals surface area contributed by atoms with Crippen LogP contribution in [-0.2, 0) is 9.59 Å². The Morgan fingerprint density at radius 1 is 0.711 bits per heavy atom. The lowest BCUT2D eigenvalue weighted by molar-refractivity contribution is -0.105. The molecule has 4 aliphatic carbocycles. The second kappa shape index (κ2) is 16.3. The molecule has 4 rings (SSSR count). The van der Waals surface area contributed by atoms with Gasteiger partial charge in [-0.1, -0.05) is 98.6 Å². The number of carbonyl (C=O) groups excluding carboxylic acids is 2. The van der Waals surface area contributed by atoms with Gasteiger partial charge in [0.1, 0.15) is 12.6 Å². The van der Waals surface area contributed by atoms with Crippen LogP contribution >= 0.6 is 0 Å². The van der Waals surface area contributed by atoms with Crippen molar-refractivity contribution in [1.82, 2.24) is 0 Å². The largest absolute Gasteiger partial charge is 0.299 e. The molecule has 0 saturated carbocycles. The van der Waals surface area contributed by atoms with E-state index < -0.39 is 0 Å². The smallest absolute Gasteiger partial charge is 0.146 e. The van der Waals surface area contributed by atoms with Crippen LogP contribution in [-0.4, -0.2) is 12.6 Å². The van der Waals surface area contributed by atoms with E-state index in [2.05, 4.69) is 111 Å². The minimum Gasteiger partial charge on any atom is -0.299 e. The molecule has 0 aliphatic heterocycles. The summed E-state index contributed by atoms with van der Waals surface area (Å²) in [7, 11) is 0. The molecule has 0 N–H and O–H groups in total. The Morgan fingerprint density at radius 2 is 1.29 bits per heavy atom. The molecular weight excluding hydrogens is 548 g/mol. The quantitative estimate of drug-likeness (QED) is 0.156. The van der Waals surface area contributed by atoms with Gasteiger partial charge in [-0.2, -0.15) is 0 Å². The molecule has 0 saturated heterocycles. The molecule has 242 valence electrons. The molecule has 0 aromatic rings. The number of hydrogen-bond donors (Lipinski definition) is 0. The van der Waals surface area contributed by atoms with Crippen LogP contribution in [0.4, 0.5) is 0 Å². The topological polar surface area (TPSA) is 34.1 Å². The van der Waals surface area contributed by atoms with Crippen molar-refractivity contribution in [2.45, 2.75) is 127 Å². The zero-order chi connectivity index (χ0) is 33.2. The molecule has 0 bridgehead atoms. The zero-order valence-corrected chi connectivity index (χ0v) is 29.7. The third kappa shape index (κ3) is 10.4.